The van der Waals surface area contributed by atoms with Crippen molar-refractivity contribution >= 4 is 23.3 Å². The van der Waals surface area contributed by atoms with Crippen molar-refractivity contribution in [3.63, 3.8) is 0 Å². The Hall–Kier alpha value is -2.69. The van der Waals surface area contributed by atoms with Crippen molar-refractivity contribution < 1.29 is 9.59 Å². The minimum Gasteiger partial charge on any atom is -0.326 e. The molecule has 0 saturated carbocycles. The molecule has 0 fully saturated rings. The Bertz CT molecular complexity index is 651. The molecular formula is C16H17N3O2. The summed E-state index contributed by atoms with van der Waals surface area (Å²) < 4.78 is 0. The number of nitrogens with zero attached hydrogens (tertiary/aromatic N) is 1. The summed E-state index contributed by atoms with van der Waals surface area (Å²) in [5, 5.41) is 5.44. The SMILES string of the molecule is CC(=O)Nc1ccc(CC(=O)Nc2cccc(C)n2)cc1. The molecule has 2 N–H and O–H groups in total. The zero-order valence-electron chi connectivity index (χ0n) is 12.0. The van der Waals surface area contributed by atoms with Crippen molar-refractivity contribution in [3.8, 4) is 0 Å². The molecule has 0 aliphatic rings. The highest BCUT2D eigenvalue weighted by molar-refractivity contribution is 5.91. The standard InChI is InChI=1S/C16H17N3O2/c1-11-4-3-5-15(17-11)19-16(21)10-13-6-8-14(9-7-13)18-12(2)20/h3-9H,10H2,1-2H3,(H,18,20)(H,17,19,21). The van der Waals surface area contributed by atoms with Crippen molar-refractivity contribution in [2.45, 2.75) is 20.3 Å². The first kappa shape index (κ1) is 14.7. The Morgan fingerprint density at radius 1 is 1.05 bits per heavy atom. The van der Waals surface area contributed by atoms with Gasteiger partial charge in [0.15, 0.2) is 0 Å². The Morgan fingerprint density at radius 3 is 2.38 bits per heavy atom. The van der Waals surface area contributed by atoms with Gasteiger partial charge in [0.05, 0.1) is 6.42 Å². The van der Waals surface area contributed by atoms with Crippen molar-refractivity contribution in [2.24, 2.45) is 0 Å². The number of anilines is 2. The van der Waals surface area contributed by atoms with Gasteiger partial charge in [-0.15, -0.1) is 0 Å². The van der Waals surface area contributed by atoms with Gasteiger partial charge in [-0.05, 0) is 36.8 Å². The summed E-state index contributed by atoms with van der Waals surface area (Å²) in [7, 11) is 0. The van der Waals surface area contributed by atoms with E-state index in [2.05, 4.69) is 15.6 Å². The predicted octanol–water partition coefficient (Wildman–Crippen LogP) is 2.53. The number of aromatic nitrogens is 1. The lowest BCUT2D eigenvalue weighted by atomic mass is 10.1. The summed E-state index contributed by atoms with van der Waals surface area (Å²) in [5.74, 6) is 0.307. The molecule has 0 unspecified atom stereocenters. The van der Waals surface area contributed by atoms with Crippen LogP contribution in [0.4, 0.5) is 11.5 Å². The number of rotatable bonds is 4. The van der Waals surface area contributed by atoms with Crippen LogP contribution in [0.15, 0.2) is 42.5 Å². The first-order valence-electron chi connectivity index (χ1n) is 6.63. The number of aryl methyl sites for hydroxylation is 1. The molecule has 2 rings (SSSR count). The minimum atomic E-state index is -0.125. The predicted molar refractivity (Wildman–Crippen MR) is 82.1 cm³/mol. The molecule has 0 aliphatic carbocycles. The first-order valence-corrected chi connectivity index (χ1v) is 6.63. The molecule has 1 aromatic heterocycles. The van der Waals surface area contributed by atoms with E-state index in [1.54, 1.807) is 18.2 Å². The van der Waals surface area contributed by atoms with Gasteiger partial charge in [-0.2, -0.15) is 0 Å². The van der Waals surface area contributed by atoms with Gasteiger partial charge in [0.1, 0.15) is 5.82 Å². The summed E-state index contributed by atoms with van der Waals surface area (Å²) in [6.45, 7) is 3.33. The average molecular weight is 283 g/mol. The molecule has 0 spiro atoms. The molecule has 0 radical (unpaired) electrons. The average Bonchev–Trinajstić information content (AvgIpc) is 2.40. The second-order valence-corrected chi connectivity index (χ2v) is 4.77. The van der Waals surface area contributed by atoms with Crippen LogP contribution < -0.4 is 10.6 Å². The fourth-order valence-electron chi connectivity index (χ4n) is 1.89. The lowest BCUT2D eigenvalue weighted by Crippen LogP contribution is -2.15. The summed E-state index contributed by atoms with van der Waals surface area (Å²) in [6.07, 6.45) is 0.260. The van der Waals surface area contributed by atoms with Gasteiger partial charge >= 0.3 is 0 Å². The molecule has 0 bridgehead atoms. The van der Waals surface area contributed by atoms with E-state index in [-0.39, 0.29) is 18.2 Å². The van der Waals surface area contributed by atoms with E-state index in [9.17, 15) is 9.59 Å². The number of amides is 2. The zero-order valence-corrected chi connectivity index (χ0v) is 12.0. The lowest BCUT2D eigenvalue weighted by molar-refractivity contribution is -0.116. The molecule has 2 amide bonds. The van der Waals surface area contributed by atoms with Crippen molar-refractivity contribution in [1.29, 1.82) is 0 Å². The molecular weight excluding hydrogens is 266 g/mol. The number of hydrogen-bond acceptors (Lipinski definition) is 3. The molecule has 1 heterocycles. The third-order valence-corrected chi connectivity index (χ3v) is 2.79. The highest BCUT2D eigenvalue weighted by Gasteiger charge is 2.05. The topological polar surface area (TPSA) is 71.1 Å². The Kier molecular flexibility index (Phi) is 4.66. The van der Waals surface area contributed by atoms with Gasteiger partial charge in [0, 0.05) is 18.3 Å². The summed E-state index contributed by atoms with van der Waals surface area (Å²) in [4.78, 5) is 27.1. The van der Waals surface area contributed by atoms with Crippen LogP contribution in [0, 0.1) is 6.92 Å². The van der Waals surface area contributed by atoms with Gasteiger partial charge < -0.3 is 10.6 Å². The van der Waals surface area contributed by atoms with E-state index in [1.807, 2.05) is 31.2 Å². The maximum atomic E-state index is 11.9. The Labute approximate surface area is 123 Å². The van der Waals surface area contributed by atoms with Crippen LogP contribution in [0.5, 0.6) is 0 Å². The van der Waals surface area contributed by atoms with Gasteiger partial charge in [0.25, 0.3) is 0 Å². The normalized spacial score (nSPS) is 10.0. The van der Waals surface area contributed by atoms with Gasteiger partial charge in [-0.1, -0.05) is 18.2 Å². The van der Waals surface area contributed by atoms with Crippen LogP contribution in [0.2, 0.25) is 0 Å². The molecule has 2 aromatic rings. The van der Waals surface area contributed by atoms with E-state index in [0.29, 0.717) is 11.5 Å². The smallest absolute Gasteiger partial charge is 0.229 e. The maximum Gasteiger partial charge on any atom is 0.229 e. The minimum absolute atomic E-state index is 0.119. The van der Waals surface area contributed by atoms with Crippen LogP contribution in [0.1, 0.15) is 18.2 Å². The van der Waals surface area contributed by atoms with Gasteiger partial charge in [0.2, 0.25) is 11.8 Å². The van der Waals surface area contributed by atoms with Crippen LogP contribution in [-0.4, -0.2) is 16.8 Å². The van der Waals surface area contributed by atoms with Crippen LogP contribution in [0.3, 0.4) is 0 Å². The van der Waals surface area contributed by atoms with Crippen molar-refractivity contribution in [1.82, 2.24) is 4.98 Å². The number of nitrogens with one attached hydrogen (secondary N) is 2. The van der Waals surface area contributed by atoms with E-state index < -0.39 is 0 Å². The number of benzene rings is 1. The quantitative estimate of drug-likeness (QED) is 0.905. The molecule has 21 heavy (non-hydrogen) atoms. The molecule has 5 heteroatoms. The second-order valence-electron chi connectivity index (χ2n) is 4.77. The highest BCUT2D eigenvalue weighted by Crippen LogP contribution is 2.11. The largest absolute Gasteiger partial charge is 0.326 e. The Morgan fingerprint density at radius 2 is 1.76 bits per heavy atom. The highest BCUT2D eigenvalue weighted by atomic mass is 16.2. The van der Waals surface area contributed by atoms with E-state index in [1.165, 1.54) is 6.92 Å². The van der Waals surface area contributed by atoms with E-state index in [0.717, 1.165) is 11.3 Å². The number of carbonyl (C=O) groups is 2. The molecule has 1 aromatic carbocycles. The fraction of sp³-hybridized carbons (Fsp3) is 0.188. The summed E-state index contributed by atoms with van der Waals surface area (Å²) in [5.41, 5.74) is 2.44. The molecule has 5 nitrogen and oxygen atoms in total. The van der Waals surface area contributed by atoms with Crippen LogP contribution in [-0.2, 0) is 16.0 Å². The lowest BCUT2D eigenvalue weighted by Gasteiger charge is -2.06. The Balaban J connectivity index is 1.95. The molecule has 108 valence electrons. The van der Waals surface area contributed by atoms with Crippen molar-refractivity contribution in [3.05, 3.63) is 53.7 Å². The fourth-order valence-corrected chi connectivity index (χ4v) is 1.89. The van der Waals surface area contributed by atoms with Gasteiger partial charge in [-0.3, -0.25) is 9.59 Å². The summed E-state index contributed by atoms with van der Waals surface area (Å²) in [6, 6.07) is 12.6. The third-order valence-electron chi connectivity index (χ3n) is 2.79. The third kappa shape index (κ3) is 4.72. The van der Waals surface area contributed by atoms with Crippen LogP contribution in [0.25, 0.3) is 0 Å². The molecule has 0 atom stereocenters. The van der Waals surface area contributed by atoms with Crippen LogP contribution >= 0.6 is 0 Å². The first-order chi connectivity index (χ1) is 10.0. The molecule has 0 aliphatic heterocycles. The number of hydrogen-bond donors (Lipinski definition) is 2. The number of carbonyl (C=O) groups excluding carboxylic acids is 2. The van der Waals surface area contributed by atoms with Crippen molar-refractivity contribution in [2.75, 3.05) is 10.6 Å². The molecule has 0 saturated heterocycles. The second kappa shape index (κ2) is 6.65. The number of pyridine rings is 1. The summed E-state index contributed by atoms with van der Waals surface area (Å²) >= 11 is 0. The van der Waals surface area contributed by atoms with E-state index >= 15 is 0 Å². The zero-order chi connectivity index (χ0) is 15.2. The monoisotopic (exact) mass is 283 g/mol. The maximum absolute atomic E-state index is 11.9. The van der Waals surface area contributed by atoms with Gasteiger partial charge in [-0.25, -0.2) is 4.98 Å². The van der Waals surface area contributed by atoms with E-state index in [4.69, 9.17) is 0 Å².